The minimum absolute atomic E-state index is 0.0260. The average molecular weight is 422 g/mol. The van der Waals surface area contributed by atoms with Gasteiger partial charge in [-0.15, -0.1) is 0 Å². The summed E-state index contributed by atoms with van der Waals surface area (Å²) in [5.41, 5.74) is 0.347. The zero-order chi connectivity index (χ0) is 18.8. The van der Waals surface area contributed by atoms with Gasteiger partial charge in [-0.3, -0.25) is 4.79 Å². The van der Waals surface area contributed by atoms with E-state index >= 15 is 0 Å². The fourth-order valence-corrected chi connectivity index (χ4v) is 4.33. The van der Waals surface area contributed by atoms with E-state index in [1.54, 1.807) is 38.1 Å². The normalized spacial score (nSPS) is 11.6. The van der Waals surface area contributed by atoms with E-state index in [0.717, 1.165) is 6.07 Å². The number of anilines is 1. The predicted octanol–water partition coefficient (Wildman–Crippen LogP) is 4.59. The van der Waals surface area contributed by atoms with Crippen molar-refractivity contribution in [1.82, 2.24) is 4.72 Å². The van der Waals surface area contributed by atoms with Gasteiger partial charge in [0.1, 0.15) is 4.90 Å². The van der Waals surface area contributed by atoms with Gasteiger partial charge >= 0.3 is 0 Å². The van der Waals surface area contributed by atoms with Crippen LogP contribution in [0, 0.1) is 0 Å². The first-order valence-electron chi connectivity index (χ1n) is 7.19. The van der Waals surface area contributed by atoms with Crippen molar-refractivity contribution in [3.05, 3.63) is 57.0 Å². The molecule has 1 amide bonds. The fraction of sp³-hybridized carbons (Fsp3) is 0.188. The number of para-hydroxylation sites is 1. The number of amides is 1. The number of hydrogen-bond acceptors (Lipinski definition) is 3. The van der Waals surface area contributed by atoms with Crippen molar-refractivity contribution in [1.29, 1.82) is 0 Å². The van der Waals surface area contributed by atoms with E-state index in [1.807, 2.05) is 0 Å². The van der Waals surface area contributed by atoms with Crippen molar-refractivity contribution in [3.8, 4) is 0 Å². The second-order valence-electron chi connectivity index (χ2n) is 5.47. The lowest BCUT2D eigenvalue weighted by atomic mass is 10.2. The zero-order valence-electron chi connectivity index (χ0n) is 13.3. The van der Waals surface area contributed by atoms with Crippen LogP contribution < -0.4 is 10.0 Å². The van der Waals surface area contributed by atoms with Crippen LogP contribution >= 0.6 is 34.8 Å². The molecule has 5 nitrogen and oxygen atoms in total. The van der Waals surface area contributed by atoms with E-state index < -0.39 is 15.9 Å². The molecular formula is C16H15Cl3N2O3S. The van der Waals surface area contributed by atoms with Crippen molar-refractivity contribution in [3.63, 3.8) is 0 Å². The van der Waals surface area contributed by atoms with Crippen LogP contribution in [0.2, 0.25) is 15.1 Å². The van der Waals surface area contributed by atoms with E-state index in [1.165, 1.54) is 6.07 Å². The first kappa shape index (κ1) is 20.0. The molecule has 0 fully saturated rings. The van der Waals surface area contributed by atoms with Crippen LogP contribution in [-0.4, -0.2) is 20.4 Å². The largest absolute Gasteiger partial charge is 0.321 e. The Labute approximate surface area is 161 Å². The van der Waals surface area contributed by atoms with Gasteiger partial charge in [0, 0.05) is 6.04 Å². The molecule has 2 aromatic carbocycles. The van der Waals surface area contributed by atoms with E-state index in [-0.39, 0.29) is 26.5 Å². The van der Waals surface area contributed by atoms with Crippen LogP contribution in [0.5, 0.6) is 0 Å². The number of halogens is 3. The molecule has 2 N–H and O–H groups in total. The van der Waals surface area contributed by atoms with Gasteiger partial charge in [-0.1, -0.05) is 46.9 Å². The quantitative estimate of drug-likeness (QED) is 0.741. The number of hydrogen-bond donors (Lipinski definition) is 2. The Bertz CT molecular complexity index is 915. The monoisotopic (exact) mass is 420 g/mol. The number of benzene rings is 2. The van der Waals surface area contributed by atoms with Crippen LogP contribution in [-0.2, 0) is 10.0 Å². The molecule has 0 atom stereocenters. The van der Waals surface area contributed by atoms with E-state index in [0.29, 0.717) is 10.7 Å². The van der Waals surface area contributed by atoms with Gasteiger partial charge in [-0.2, -0.15) is 0 Å². The molecule has 0 saturated heterocycles. The molecule has 25 heavy (non-hydrogen) atoms. The minimum Gasteiger partial charge on any atom is -0.321 e. The van der Waals surface area contributed by atoms with Gasteiger partial charge in [0.05, 0.1) is 26.3 Å². The highest BCUT2D eigenvalue weighted by Gasteiger charge is 2.23. The molecule has 0 aromatic heterocycles. The molecule has 0 radical (unpaired) electrons. The number of nitrogens with one attached hydrogen (secondary N) is 2. The molecule has 134 valence electrons. The van der Waals surface area contributed by atoms with Crippen molar-refractivity contribution in [2.24, 2.45) is 0 Å². The van der Waals surface area contributed by atoms with Gasteiger partial charge in [0.2, 0.25) is 10.0 Å². The third-order valence-electron chi connectivity index (χ3n) is 3.07. The Hall–Kier alpha value is -1.31. The summed E-state index contributed by atoms with van der Waals surface area (Å²) in [6.07, 6.45) is 0. The molecule has 0 aliphatic rings. The summed E-state index contributed by atoms with van der Waals surface area (Å²) in [5, 5.41) is 2.88. The third kappa shape index (κ3) is 4.86. The molecule has 0 spiro atoms. The van der Waals surface area contributed by atoms with Gasteiger partial charge in [-0.25, -0.2) is 13.1 Å². The average Bonchev–Trinajstić information content (AvgIpc) is 2.47. The summed E-state index contributed by atoms with van der Waals surface area (Å²) < 4.78 is 27.2. The lowest BCUT2D eigenvalue weighted by molar-refractivity contribution is 0.102. The Morgan fingerprint density at radius 2 is 1.64 bits per heavy atom. The molecule has 2 aromatic rings. The SMILES string of the molecule is CC(C)NS(=O)(=O)c1cc(C(=O)Nc2ccccc2Cl)c(Cl)cc1Cl. The molecule has 0 aliphatic heterocycles. The van der Waals surface area contributed by atoms with E-state index in [4.69, 9.17) is 34.8 Å². The molecule has 2 rings (SSSR count). The summed E-state index contributed by atoms with van der Waals surface area (Å²) >= 11 is 18.1. The molecule has 0 saturated carbocycles. The van der Waals surface area contributed by atoms with Crippen molar-refractivity contribution in [2.45, 2.75) is 24.8 Å². The maximum absolute atomic E-state index is 12.5. The van der Waals surface area contributed by atoms with Gasteiger partial charge in [0.15, 0.2) is 0 Å². The second kappa shape index (κ2) is 7.93. The van der Waals surface area contributed by atoms with Crippen molar-refractivity contribution < 1.29 is 13.2 Å². The number of carbonyl (C=O) groups excluding carboxylic acids is 1. The molecule has 0 unspecified atom stereocenters. The van der Waals surface area contributed by atoms with E-state index in [2.05, 4.69) is 10.0 Å². The molecule has 0 aliphatic carbocycles. The minimum atomic E-state index is -3.89. The van der Waals surface area contributed by atoms with Gasteiger partial charge in [-0.05, 0) is 38.1 Å². The molecular weight excluding hydrogens is 407 g/mol. The molecule has 0 bridgehead atoms. The van der Waals surface area contributed by atoms with Crippen LogP contribution in [0.25, 0.3) is 0 Å². The Morgan fingerprint density at radius 1 is 1.00 bits per heavy atom. The first-order valence-corrected chi connectivity index (χ1v) is 9.81. The van der Waals surface area contributed by atoms with Crippen LogP contribution in [0.4, 0.5) is 5.69 Å². The molecule has 0 heterocycles. The number of sulfonamides is 1. The first-order chi connectivity index (χ1) is 11.6. The Morgan fingerprint density at radius 3 is 2.24 bits per heavy atom. The summed E-state index contributed by atoms with van der Waals surface area (Å²) in [4.78, 5) is 12.3. The summed E-state index contributed by atoms with van der Waals surface area (Å²) in [6, 6.07) is 8.67. The lowest BCUT2D eigenvalue weighted by Gasteiger charge is -2.14. The topological polar surface area (TPSA) is 75.3 Å². The van der Waals surface area contributed by atoms with Crippen molar-refractivity contribution in [2.75, 3.05) is 5.32 Å². The summed E-state index contributed by atoms with van der Waals surface area (Å²) in [5.74, 6) is -0.601. The van der Waals surface area contributed by atoms with Crippen LogP contribution in [0.15, 0.2) is 41.3 Å². The summed E-state index contributed by atoms with van der Waals surface area (Å²) in [6.45, 7) is 3.35. The Kier molecular flexibility index (Phi) is 6.35. The standard InChI is InChI=1S/C16H15Cl3N2O3S/c1-9(2)21-25(23,24)15-7-10(12(18)8-13(15)19)16(22)20-14-6-4-3-5-11(14)17/h3-9,21H,1-2H3,(H,20,22). The van der Waals surface area contributed by atoms with Gasteiger partial charge in [0.25, 0.3) is 5.91 Å². The number of rotatable bonds is 5. The third-order valence-corrected chi connectivity index (χ3v) is 5.83. The maximum atomic E-state index is 12.5. The molecule has 9 heteroatoms. The summed E-state index contributed by atoms with van der Waals surface area (Å²) in [7, 11) is -3.89. The van der Waals surface area contributed by atoms with Crippen LogP contribution in [0.1, 0.15) is 24.2 Å². The maximum Gasteiger partial charge on any atom is 0.257 e. The lowest BCUT2D eigenvalue weighted by Crippen LogP contribution is -2.30. The highest BCUT2D eigenvalue weighted by molar-refractivity contribution is 7.89. The highest BCUT2D eigenvalue weighted by atomic mass is 35.5. The fourth-order valence-electron chi connectivity index (χ4n) is 2.04. The van der Waals surface area contributed by atoms with Crippen LogP contribution in [0.3, 0.4) is 0 Å². The number of carbonyl (C=O) groups is 1. The second-order valence-corrected chi connectivity index (χ2v) is 8.38. The predicted molar refractivity (Wildman–Crippen MR) is 101 cm³/mol. The zero-order valence-corrected chi connectivity index (χ0v) is 16.4. The highest BCUT2D eigenvalue weighted by Crippen LogP contribution is 2.30. The van der Waals surface area contributed by atoms with Gasteiger partial charge < -0.3 is 5.32 Å². The smallest absolute Gasteiger partial charge is 0.257 e. The van der Waals surface area contributed by atoms with Crippen molar-refractivity contribution >= 4 is 56.4 Å². The van der Waals surface area contributed by atoms with E-state index in [9.17, 15) is 13.2 Å². The Balaban J connectivity index is 2.43.